The number of carboxylic acid groups (broad SMARTS) is 1. The van der Waals surface area contributed by atoms with E-state index in [1.165, 1.54) is 32.1 Å². The van der Waals surface area contributed by atoms with Gasteiger partial charge >= 0.3 is 5.97 Å². The summed E-state index contributed by atoms with van der Waals surface area (Å²) in [6.45, 7) is 0.263. The zero-order valence-electron chi connectivity index (χ0n) is 15.2. The second kappa shape index (κ2) is 16.7. The van der Waals surface area contributed by atoms with Crippen molar-refractivity contribution in [2.75, 3.05) is 6.61 Å². The molecule has 0 radical (unpaired) electrons. The molecule has 0 aliphatic heterocycles. The topological polar surface area (TPSA) is 101 Å². The molecule has 0 aromatic rings. The number of hydrogen-bond acceptors (Lipinski definition) is 3. The predicted molar refractivity (Wildman–Crippen MR) is 96.7 cm³/mol. The van der Waals surface area contributed by atoms with Crippen molar-refractivity contribution < 1.29 is 19.8 Å². The maximum absolute atomic E-state index is 10.6. The lowest BCUT2D eigenvalue weighted by Crippen LogP contribution is -2.10. The maximum atomic E-state index is 10.6. The Kier molecular flexibility index (Phi) is 16.0. The molecule has 0 aromatic carbocycles. The zero-order valence-corrected chi connectivity index (χ0v) is 15.2. The van der Waals surface area contributed by atoms with Gasteiger partial charge in [-0.15, -0.1) is 0 Å². The summed E-state index contributed by atoms with van der Waals surface area (Å²) >= 11 is 0. The summed E-state index contributed by atoms with van der Waals surface area (Å²) in [7, 11) is 0. The van der Waals surface area contributed by atoms with Gasteiger partial charge in [0, 0.05) is 19.4 Å². The molecule has 0 aliphatic carbocycles. The molecule has 0 bridgehead atoms. The lowest BCUT2D eigenvalue weighted by atomic mass is 9.95. The van der Waals surface area contributed by atoms with Crippen molar-refractivity contribution in [1.82, 2.24) is 0 Å². The third kappa shape index (κ3) is 17.3. The van der Waals surface area contributed by atoms with Crippen LogP contribution in [0.4, 0.5) is 0 Å². The molecule has 1 unspecified atom stereocenters. The fourth-order valence-corrected chi connectivity index (χ4v) is 3.01. The molecule has 5 heteroatoms. The summed E-state index contributed by atoms with van der Waals surface area (Å²) in [6.07, 6.45) is 14.8. The molecule has 142 valence electrons. The first-order valence-corrected chi connectivity index (χ1v) is 9.67. The number of nitrogens with two attached hydrogens (primary N) is 1. The minimum absolute atomic E-state index is 0.226. The predicted octanol–water partition coefficient (Wildman–Crippen LogP) is 4.02. The average molecular weight is 344 g/mol. The first-order chi connectivity index (χ1) is 11.6. The first kappa shape index (κ1) is 22.9. The Hall–Kier alpha value is -1.10. The molecule has 0 aromatic heterocycles. The molecule has 5 nitrogen and oxygen atoms in total. The number of rotatable bonds is 18. The highest BCUT2D eigenvalue weighted by atomic mass is 16.4. The number of carbonyl (C=O) groups excluding carboxylic acids is 1. The molecule has 0 spiro atoms. The number of carboxylic acids is 1. The van der Waals surface area contributed by atoms with Crippen molar-refractivity contribution in [2.45, 2.75) is 96.3 Å². The van der Waals surface area contributed by atoms with Crippen LogP contribution >= 0.6 is 0 Å². The summed E-state index contributed by atoms with van der Waals surface area (Å²) in [5.41, 5.74) is 5.11. The Morgan fingerprint density at radius 1 is 0.708 bits per heavy atom. The maximum Gasteiger partial charge on any atom is 0.303 e. The third-order valence-electron chi connectivity index (χ3n) is 4.55. The molecular formula is C19H37NO4. The molecule has 0 fully saturated rings. The molecule has 24 heavy (non-hydrogen) atoms. The largest absolute Gasteiger partial charge is 0.481 e. The quantitative estimate of drug-likeness (QED) is 0.327. The van der Waals surface area contributed by atoms with Crippen LogP contribution in [0, 0.1) is 5.92 Å². The fraction of sp³-hybridized carbons (Fsp3) is 0.895. The van der Waals surface area contributed by atoms with Crippen molar-refractivity contribution >= 4 is 11.9 Å². The van der Waals surface area contributed by atoms with E-state index < -0.39 is 5.97 Å². The molecule has 0 rings (SSSR count). The first-order valence-electron chi connectivity index (χ1n) is 9.67. The summed E-state index contributed by atoms with van der Waals surface area (Å²) in [5.74, 6) is -0.522. The highest BCUT2D eigenvalue weighted by Gasteiger charge is 2.07. The number of aliphatic hydroxyl groups excluding tert-OH is 1. The van der Waals surface area contributed by atoms with E-state index in [1.807, 2.05) is 0 Å². The van der Waals surface area contributed by atoms with E-state index in [-0.39, 0.29) is 12.5 Å². The van der Waals surface area contributed by atoms with E-state index in [9.17, 15) is 14.7 Å². The Morgan fingerprint density at radius 3 is 1.58 bits per heavy atom. The van der Waals surface area contributed by atoms with Crippen molar-refractivity contribution in [3.8, 4) is 0 Å². The standard InChI is InChI=1S/C19H37NO4/c20-18(22)14-10-7-9-13-17(16-21)12-8-5-3-1-2-4-6-11-15-19(23)24/h17,21H,1-16H2,(H2,20,22)(H,23,24). The molecule has 0 heterocycles. The van der Waals surface area contributed by atoms with Gasteiger partial charge in [0.2, 0.25) is 5.91 Å². The van der Waals surface area contributed by atoms with Gasteiger partial charge in [0.25, 0.3) is 0 Å². The number of carbonyl (C=O) groups is 2. The number of primary amides is 1. The van der Waals surface area contributed by atoms with Gasteiger partial charge < -0.3 is 15.9 Å². The number of unbranched alkanes of at least 4 members (excludes halogenated alkanes) is 9. The van der Waals surface area contributed by atoms with Gasteiger partial charge in [-0.25, -0.2) is 0 Å². The van der Waals surface area contributed by atoms with E-state index >= 15 is 0 Å². The minimum Gasteiger partial charge on any atom is -0.481 e. The van der Waals surface area contributed by atoms with Gasteiger partial charge in [-0.1, -0.05) is 57.8 Å². The Bertz CT molecular complexity index is 320. The van der Waals surface area contributed by atoms with E-state index in [0.717, 1.165) is 51.4 Å². The number of amides is 1. The molecule has 1 amide bonds. The molecular weight excluding hydrogens is 306 g/mol. The van der Waals surface area contributed by atoms with Crippen molar-refractivity contribution in [1.29, 1.82) is 0 Å². The van der Waals surface area contributed by atoms with Crippen molar-refractivity contribution in [3.05, 3.63) is 0 Å². The van der Waals surface area contributed by atoms with Crippen LogP contribution in [0.15, 0.2) is 0 Å². The monoisotopic (exact) mass is 343 g/mol. The molecule has 0 aliphatic rings. The highest BCUT2D eigenvalue weighted by molar-refractivity contribution is 5.73. The van der Waals surface area contributed by atoms with Crippen molar-refractivity contribution in [3.63, 3.8) is 0 Å². The van der Waals surface area contributed by atoms with E-state index in [2.05, 4.69) is 0 Å². The van der Waals surface area contributed by atoms with E-state index in [4.69, 9.17) is 10.8 Å². The summed E-state index contributed by atoms with van der Waals surface area (Å²) < 4.78 is 0. The minimum atomic E-state index is -0.693. The smallest absolute Gasteiger partial charge is 0.303 e. The zero-order chi connectivity index (χ0) is 18.0. The van der Waals surface area contributed by atoms with Gasteiger partial charge in [0.15, 0.2) is 0 Å². The van der Waals surface area contributed by atoms with Crippen molar-refractivity contribution in [2.24, 2.45) is 11.7 Å². The van der Waals surface area contributed by atoms with Gasteiger partial charge in [-0.05, 0) is 31.6 Å². The second-order valence-corrected chi connectivity index (χ2v) is 6.88. The Morgan fingerprint density at radius 2 is 1.12 bits per heavy atom. The molecule has 0 saturated heterocycles. The third-order valence-corrected chi connectivity index (χ3v) is 4.55. The van der Waals surface area contributed by atoms with Gasteiger partial charge in [-0.2, -0.15) is 0 Å². The van der Waals surface area contributed by atoms with Gasteiger partial charge in [0.1, 0.15) is 0 Å². The van der Waals surface area contributed by atoms with Crippen LogP contribution < -0.4 is 5.73 Å². The summed E-state index contributed by atoms with van der Waals surface area (Å²) in [6, 6.07) is 0. The lowest BCUT2D eigenvalue weighted by Gasteiger charge is -2.13. The fourth-order valence-electron chi connectivity index (χ4n) is 3.01. The molecule has 0 saturated carbocycles. The van der Waals surface area contributed by atoms with Crippen LogP contribution in [-0.4, -0.2) is 28.7 Å². The lowest BCUT2D eigenvalue weighted by molar-refractivity contribution is -0.137. The SMILES string of the molecule is NC(=O)CCCCCC(CO)CCCCCCCCCCC(=O)O. The highest BCUT2D eigenvalue weighted by Crippen LogP contribution is 2.18. The second-order valence-electron chi connectivity index (χ2n) is 6.88. The van der Waals surface area contributed by atoms with Crippen LogP contribution in [-0.2, 0) is 9.59 Å². The molecule has 1 atom stereocenters. The van der Waals surface area contributed by atoms with E-state index in [0.29, 0.717) is 18.8 Å². The Labute approximate surface area is 147 Å². The van der Waals surface area contributed by atoms with E-state index in [1.54, 1.807) is 0 Å². The number of hydrogen-bond donors (Lipinski definition) is 3. The van der Waals surface area contributed by atoms with Crippen LogP contribution in [0.3, 0.4) is 0 Å². The summed E-state index contributed by atoms with van der Waals surface area (Å²) in [4.78, 5) is 21.0. The van der Waals surface area contributed by atoms with Crippen LogP contribution in [0.2, 0.25) is 0 Å². The number of aliphatic hydroxyl groups is 1. The molecule has 4 N–H and O–H groups in total. The Balaban J connectivity index is 3.34. The van der Waals surface area contributed by atoms with Gasteiger partial charge in [-0.3, -0.25) is 9.59 Å². The average Bonchev–Trinajstić information content (AvgIpc) is 2.53. The summed E-state index contributed by atoms with van der Waals surface area (Å²) in [5, 5.41) is 18.0. The van der Waals surface area contributed by atoms with Crippen LogP contribution in [0.1, 0.15) is 96.3 Å². The van der Waals surface area contributed by atoms with Crippen LogP contribution in [0.5, 0.6) is 0 Å². The van der Waals surface area contributed by atoms with Crippen LogP contribution in [0.25, 0.3) is 0 Å². The number of aliphatic carboxylic acids is 1. The van der Waals surface area contributed by atoms with Gasteiger partial charge in [0.05, 0.1) is 0 Å². The normalized spacial score (nSPS) is 12.2.